The lowest BCUT2D eigenvalue weighted by Gasteiger charge is -2.09. The van der Waals surface area contributed by atoms with Crippen LogP contribution in [0.4, 0.5) is 8.78 Å². The highest BCUT2D eigenvalue weighted by molar-refractivity contribution is 8.18. The van der Waals surface area contributed by atoms with Crippen LogP contribution in [-0.4, -0.2) is 30.4 Å². The second-order valence-electron chi connectivity index (χ2n) is 5.80. The van der Waals surface area contributed by atoms with Gasteiger partial charge in [-0.2, -0.15) is 5.10 Å². The van der Waals surface area contributed by atoms with E-state index in [0.717, 1.165) is 30.0 Å². The zero-order valence-corrected chi connectivity index (χ0v) is 16.4. The number of nitrogens with one attached hydrogen (secondary N) is 1. The number of halogens is 2. The summed E-state index contributed by atoms with van der Waals surface area (Å²) in [5.74, 6) is -2.68. The molecular weight excluding hydrogens is 416 g/mol. The summed E-state index contributed by atoms with van der Waals surface area (Å²) in [5, 5.41) is 10.5. The van der Waals surface area contributed by atoms with Crippen molar-refractivity contribution in [3.8, 4) is 5.75 Å². The Balaban J connectivity index is 1.68. The van der Waals surface area contributed by atoms with Crippen molar-refractivity contribution in [3.05, 3.63) is 76.2 Å². The molecule has 10 heteroatoms. The van der Waals surface area contributed by atoms with Crippen molar-refractivity contribution in [2.24, 2.45) is 10.2 Å². The first-order valence-corrected chi connectivity index (χ1v) is 9.33. The molecule has 0 saturated carbocycles. The summed E-state index contributed by atoms with van der Waals surface area (Å²) >= 11 is 0.951. The Bertz CT molecular complexity index is 1070. The van der Waals surface area contributed by atoms with Gasteiger partial charge in [0.15, 0.2) is 16.7 Å². The van der Waals surface area contributed by atoms with Crippen molar-refractivity contribution in [3.63, 3.8) is 0 Å². The minimum Gasteiger partial charge on any atom is -0.486 e. The maximum absolute atomic E-state index is 13.7. The third-order valence-electron chi connectivity index (χ3n) is 3.78. The van der Waals surface area contributed by atoms with Crippen LogP contribution in [0.3, 0.4) is 0 Å². The minimum atomic E-state index is -0.794. The normalized spacial score (nSPS) is 16.3. The van der Waals surface area contributed by atoms with Gasteiger partial charge in [0.2, 0.25) is 0 Å². The molecule has 2 aromatic rings. The Labute approximate surface area is 174 Å². The van der Waals surface area contributed by atoms with Crippen LogP contribution in [0.5, 0.6) is 5.75 Å². The molecule has 1 fully saturated rings. The average Bonchev–Trinajstić information content (AvgIpc) is 3.07. The third-order valence-corrected chi connectivity index (χ3v) is 4.68. The van der Waals surface area contributed by atoms with Gasteiger partial charge in [0.1, 0.15) is 12.4 Å². The molecule has 0 spiro atoms. The number of nitrogens with zero attached hydrogens (tertiary/aromatic N) is 2. The van der Waals surface area contributed by atoms with Gasteiger partial charge in [-0.3, -0.25) is 10.1 Å². The van der Waals surface area contributed by atoms with Crippen LogP contribution < -0.4 is 10.1 Å². The monoisotopic (exact) mass is 431 g/mol. The van der Waals surface area contributed by atoms with Crippen LogP contribution >= 0.6 is 11.8 Å². The van der Waals surface area contributed by atoms with E-state index in [1.54, 1.807) is 24.3 Å². The SMILES string of the molecule is COC(=O)/C=C1/S/C(=N\N=Cc2ccccc2COc2ccc(F)cc2F)NC1=O. The molecule has 0 radical (unpaired) electrons. The number of amidine groups is 1. The zero-order valence-electron chi connectivity index (χ0n) is 15.6. The Morgan fingerprint density at radius 1 is 1.23 bits per heavy atom. The Morgan fingerprint density at radius 2 is 2.03 bits per heavy atom. The molecule has 154 valence electrons. The molecule has 1 aliphatic heterocycles. The van der Waals surface area contributed by atoms with Crippen LogP contribution in [0.1, 0.15) is 11.1 Å². The number of esters is 1. The molecule has 0 bridgehead atoms. The van der Waals surface area contributed by atoms with E-state index in [1.165, 1.54) is 19.4 Å². The lowest BCUT2D eigenvalue weighted by atomic mass is 10.1. The molecule has 0 unspecified atom stereocenters. The fraction of sp³-hybridized carbons (Fsp3) is 0.100. The zero-order chi connectivity index (χ0) is 21.5. The number of carbonyl (C=O) groups excluding carboxylic acids is 2. The number of ether oxygens (including phenoxy) is 2. The van der Waals surface area contributed by atoms with Crippen LogP contribution in [-0.2, 0) is 20.9 Å². The first kappa shape index (κ1) is 21.2. The number of methoxy groups -OCH3 is 1. The molecule has 0 aromatic heterocycles. The number of thioether (sulfide) groups is 1. The average molecular weight is 431 g/mol. The first-order chi connectivity index (χ1) is 14.5. The van der Waals surface area contributed by atoms with Gasteiger partial charge < -0.3 is 9.47 Å². The minimum absolute atomic E-state index is 0.0266. The van der Waals surface area contributed by atoms with E-state index in [-0.39, 0.29) is 22.4 Å². The molecule has 2 aromatic carbocycles. The van der Waals surface area contributed by atoms with Crippen molar-refractivity contribution in [1.29, 1.82) is 0 Å². The summed E-state index contributed by atoms with van der Waals surface area (Å²) in [4.78, 5) is 23.2. The van der Waals surface area contributed by atoms with E-state index in [4.69, 9.17) is 4.74 Å². The second kappa shape index (κ2) is 9.79. The lowest BCUT2D eigenvalue weighted by molar-refractivity contribution is -0.135. The molecule has 7 nitrogen and oxygen atoms in total. The number of hydrogen-bond donors (Lipinski definition) is 1. The third kappa shape index (κ3) is 5.51. The number of carbonyl (C=O) groups is 2. The van der Waals surface area contributed by atoms with E-state index < -0.39 is 23.5 Å². The van der Waals surface area contributed by atoms with Gasteiger partial charge in [-0.05, 0) is 29.5 Å². The Morgan fingerprint density at radius 3 is 2.80 bits per heavy atom. The highest BCUT2D eigenvalue weighted by atomic mass is 32.2. The maximum atomic E-state index is 13.7. The summed E-state index contributed by atoms with van der Waals surface area (Å²) in [6, 6.07) is 10.1. The molecule has 1 aliphatic rings. The van der Waals surface area contributed by atoms with E-state index in [9.17, 15) is 18.4 Å². The molecule has 3 rings (SSSR count). The van der Waals surface area contributed by atoms with Crippen molar-refractivity contribution < 1.29 is 27.8 Å². The molecule has 1 heterocycles. The lowest BCUT2D eigenvalue weighted by Crippen LogP contribution is -2.19. The van der Waals surface area contributed by atoms with Gasteiger partial charge in [0, 0.05) is 17.7 Å². The standard InChI is InChI=1S/C20H15F2N3O4S/c1-28-18(26)9-17-19(27)24-20(30-17)25-23-10-12-4-2-3-5-13(12)11-29-16-7-6-14(21)8-15(16)22/h2-10H,11H2,1H3,(H,24,25,27)/b17-9+,23-10?. The second-order valence-corrected chi connectivity index (χ2v) is 6.83. The predicted octanol–water partition coefficient (Wildman–Crippen LogP) is 3.15. The molecule has 30 heavy (non-hydrogen) atoms. The fourth-order valence-electron chi connectivity index (χ4n) is 2.32. The number of hydrogen-bond acceptors (Lipinski definition) is 7. The number of amides is 1. The van der Waals surface area contributed by atoms with Crippen molar-refractivity contribution in [1.82, 2.24) is 5.32 Å². The summed E-state index contributed by atoms with van der Waals surface area (Å²) in [7, 11) is 1.21. The largest absolute Gasteiger partial charge is 0.486 e. The van der Waals surface area contributed by atoms with Crippen LogP contribution in [0, 0.1) is 11.6 Å². The number of rotatable bonds is 6. The summed E-state index contributed by atoms with van der Waals surface area (Å²) < 4.78 is 36.6. The highest BCUT2D eigenvalue weighted by Crippen LogP contribution is 2.23. The first-order valence-electron chi connectivity index (χ1n) is 8.52. The molecule has 0 atom stereocenters. The molecule has 1 amide bonds. The van der Waals surface area contributed by atoms with E-state index in [0.29, 0.717) is 11.1 Å². The Kier molecular flexibility index (Phi) is 6.91. The van der Waals surface area contributed by atoms with Gasteiger partial charge in [-0.25, -0.2) is 13.6 Å². The maximum Gasteiger partial charge on any atom is 0.331 e. The molecular formula is C20H15F2N3O4S. The van der Waals surface area contributed by atoms with Gasteiger partial charge in [-0.15, -0.1) is 5.10 Å². The summed E-state index contributed by atoms with van der Waals surface area (Å²) in [6.07, 6.45) is 2.51. The van der Waals surface area contributed by atoms with Crippen LogP contribution in [0.15, 0.2) is 63.6 Å². The molecule has 0 aliphatic carbocycles. The molecule has 1 N–H and O–H groups in total. The summed E-state index contributed by atoms with van der Waals surface area (Å²) in [6.45, 7) is 0.0266. The smallest absolute Gasteiger partial charge is 0.331 e. The van der Waals surface area contributed by atoms with Gasteiger partial charge in [-0.1, -0.05) is 24.3 Å². The van der Waals surface area contributed by atoms with Crippen LogP contribution in [0.25, 0.3) is 0 Å². The Hall–Kier alpha value is -3.53. The van der Waals surface area contributed by atoms with E-state index >= 15 is 0 Å². The number of benzene rings is 2. The predicted molar refractivity (Wildman–Crippen MR) is 108 cm³/mol. The van der Waals surface area contributed by atoms with Crippen molar-refractivity contribution in [2.75, 3.05) is 7.11 Å². The van der Waals surface area contributed by atoms with Crippen molar-refractivity contribution in [2.45, 2.75) is 6.61 Å². The summed E-state index contributed by atoms with van der Waals surface area (Å²) in [5.41, 5.74) is 1.35. The van der Waals surface area contributed by atoms with Gasteiger partial charge >= 0.3 is 5.97 Å². The van der Waals surface area contributed by atoms with E-state index in [2.05, 4.69) is 20.3 Å². The van der Waals surface area contributed by atoms with Gasteiger partial charge in [0.05, 0.1) is 18.2 Å². The topological polar surface area (TPSA) is 89.3 Å². The van der Waals surface area contributed by atoms with Gasteiger partial charge in [0.25, 0.3) is 5.91 Å². The fourth-order valence-corrected chi connectivity index (χ4v) is 3.06. The highest BCUT2D eigenvalue weighted by Gasteiger charge is 2.25. The van der Waals surface area contributed by atoms with Crippen molar-refractivity contribution >= 4 is 35.0 Å². The van der Waals surface area contributed by atoms with Crippen LogP contribution in [0.2, 0.25) is 0 Å². The molecule has 1 saturated heterocycles. The van der Waals surface area contributed by atoms with E-state index in [1.807, 2.05) is 0 Å². The quantitative estimate of drug-likeness (QED) is 0.329.